The summed E-state index contributed by atoms with van der Waals surface area (Å²) in [6, 6.07) is 0. The van der Waals surface area contributed by atoms with Crippen LogP contribution < -0.4 is 0 Å². The molecule has 1 fully saturated rings. The molecule has 17 heavy (non-hydrogen) atoms. The van der Waals surface area contributed by atoms with Crippen LogP contribution >= 0.6 is 0 Å². The Bertz CT molecular complexity index is 233. The Morgan fingerprint density at radius 3 is 2.94 bits per heavy atom. The maximum atomic E-state index is 11.9. The van der Waals surface area contributed by atoms with Crippen LogP contribution in [0.3, 0.4) is 0 Å². The molecule has 0 saturated carbocycles. The van der Waals surface area contributed by atoms with Crippen LogP contribution in [0.2, 0.25) is 0 Å². The monoisotopic (exact) mass is 242 g/mol. The zero-order chi connectivity index (χ0) is 12.7. The maximum Gasteiger partial charge on any atom is 0.236 e. The highest BCUT2D eigenvalue weighted by molar-refractivity contribution is 5.77. The quantitative estimate of drug-likeness (QED) is 0.754. The van der Waals surface area contributed by atoms with Crippen LogP contribution in [-0.4, -0.2) is 60.6 Å². The molecule has 0 aromatic rings. The van der Waals surface area contributed by atoms with E-state index in [0.717, 1.165) is 45.3 Å². The van der Waals surface area contributed by atoms with Crippen LogP contribution in [0.1, 0.15) is 32.6 Å². The summed E-state index contributed by atoms with van der Waals surface area (Å²) in [6.07, 6.45) is 4.37. The van der Waals surface area contributed by atoms with E-state index in [0.29, 0.717) is 12.5 Å². The summed E-state index contributed by atoms with van der Waals surface area (Å²) >= 11 is 0. The molecule has 0 aliphatic carbocycles. The van der Waals surface area contributed by atoms with Crippen molar-refractivity contribution in [2.45, 2.75) is 32.6 Å². The molecule has 1 aliphatic heterocycles. The van der Waals surface area contributed by atoms with Gasteiger partial charge in [-0.2, -0.15) is 0 Å². The van der Waals surface area contributed by atoms with E-state index in [9.17, 15) is 4.79 Å². The number of aliphatic hydroxyl groups is 1. The molecular formula is C13H26N2O2. The highest BCUT2D eigenvalue weighted by atomic mass is 16.3. The number of carbonyl (C=O) groups excluding carboxylic acids is 1. The SMILES string of the molecule is CCCCN(C)C(=O)CN1CCC[C@@H](CO)C1. The van der Waals surface area contributed by atoms with Crippen LogP contribution in [0, 0.1) is 5.92 Å². The van der Waals surface area contributed by atoms with Crippen molar-refractivity contribution in [3.8, 4) is 0 Å². The van der Waals surface area contributed by atoms with Gasteiger partial charge in [-0.15, -0.1) is 0 Å². The first-order valence-electron chi connectivity index (χ1n) is 6.74. The molecule has 1 atom stereocenters. The second-order valence-corrected chi connectivity index (χ2v) is 5.09. The Labute approximate surface area is 105 Å². The van der Waals surface area contributed by atoms with E-state index in [1.165, 1.54) is 0 Å². The third-order valence-corrected chi connectivity index (χ3v) is 3.49. The summed E-state index contributed by atoms with van der Waals surface area (Å²) in [5, 5.41) is 9.15. The number of likely N-dealkylation sites (tertiary alicyclic amines) is 1. The predicted molar refractivity (Wildman–Crippen MR) is 68.8 cm³/mol. The fourth-order valence-corrected chi connectivity index (χ4v) is 2.28. The Morgan fingerprint density at radius 1 is 1.53 bits per heavy atom. The molecule has 0 aromatic carbocycles. The molecule has 0 radical (unpaired) electrons. The summed E-state index contributed by atoms with van der Waals surface area (Å²) in [5.41, 5.74) is 0. The summed E-state index contributed by atoms with van der Waals surface area (Å²) in [5.74, 6) is 0.564. The number of amides is 1. The van der Waals surface area contributed by atoms with Crippen molar-refractivity contribution >= 4 is 5.91 Å². The van der Waals surface area contributed by atoms with E-state index >= 15 is 0 Å². The van der Waals surface area contributed by atoms with Crippen LogP contribution in [0.5, 0.6) is 0 Å². The molecule has 4 heteroatoms. The Hall–Kier alpha value is -0.610. The summed E-state index contributed by atoms with van der Waals surface area (Å²) < 4.78 is 0. The molecule has 100 valence electrons. The summed E-state index contributed by atoms with van der Waals surface area (Å²) in [6.45, 7) is 5.60. The van der Waals surface area contributed by atoms with Gasteiger partial charge in [0.25, 0.3) is 0 Å². The number of hydrogen-bond donors (Lipinski definition) is 1. The van der Waals surface area contributed by atoms with Gasteiger partial charge in [0.1, 0.15) is 0 Å². The molecule has 4 nitrogen and oxygen atoms in total. The van der Waals surface area contributed by atoms with Crippen molar-refractivity contribution in [2.24, 2.45) is 5.92 Å². The topological polar surface area (TPSA) is 43.8 Å². The average molecular weight is 242 g/mol. The Morgan fingerprint density at radius 2 is 2.29 bits per heavy atom. The number of likely N-dealkylation sites (N-methyl/N-ethyl adjacent to an activating group) is 1. The van der Waals surface area contributed by atoms with Crippen molar-refractivity contribution in [1.29, 1.82) is 0 Å². The van der Waals surface area contributed by atoms with E-state index in [-0.39, 0.29) is 12.5 Å². The third-order valence-electron chi connectivity index (χ3n) is 3.49. The van der Waals surface area contributed by atoms with Gasteiger partial charge in [-0.05, 0) is 31.7 Å². The van der Waals surface area contributed by atoms with Crippen LogP contribution in [0.25, 0.3) is 0 Å². The fourth-order valence-electron chi connectivity index (χ4n) is 2.28. The van der Waals surface area contributed by atoms with Gasteiger partial charge in [-0.25, -0.2) is 0 Å². The van der Waals surface area contributed by atoms with E-state index in [1.807, 2.05) is 11.9 Å². The standard InChI is InChI=1S/C13H26N2O2/c1-3-4-7-14(2)13(17)10-15-8-5-6-12(9-15)11-16/h12,16H,3-11H2,1-2H3/t12-/m1/s1. The highest BCUT2D eigenvalue weighted by Gasteiger charge is 2.21. The summed E-state index contributed by atoms with van der Waals surface area (Å²) in [4.78, 5) is 15.9. The molecular weight excluding hydrogens is 216 g/mol. The van der Waals surface area contributed by atoms with E-state index in [4.69, 9.17) is 5.11 Å². The molecule has 0 bridgehead atoms. The minimum absolute atomic E-state index is 0.206. The molecule has 0 aromatic heterocycles. The predicted octanol–water partition coefficient (Wildman–Crippen LogP) is 0.949. The lowest BCUT2D eigenvalue weighted by molar-refractivity contribution is -0.131. The van der Waals surface area contributed by atoms with Gasteiger partial charge < -0.3 is 10.0 Å². The number of unbranched alkanes of at least 4 members (excludes halogenated alkanes) is 1. The first-order chi connectivity index (χ1) is 8.17. The zero-order valence-electron chi connectivity index (χ0n) is 11.2. The highest BCUT2D eigenvalue weighted by Crippen LogP contribution is 2.15. The second kappa shape index (κ2) is 7.67. The van der Waals surface area contributed by atoms with Crippen LogP contribution in [0.4, 0.5) is 0 Å². The van der Waals surface area contributed by atoms with Crippen LogP contribution in [0.15, 0.2) is 0 Å². The van der Waals surface area contributed by atoms with Crippen molar-refractivity contribution in [3.05, 3.63) is 0 Å². The zero-order valence-corrected chi connectivity index (χ0v) is 11.2. The fraction of sp³-hybridized carbons (Fsp3) is 0.923. The van der Waals surface area contributed by atoms with E-state index in [2.05, 4.69) is 11.8 Å². The smallest absolute Gasteiger partial charge is 0.236 e. The first-order valence-corrected chi connectivity index (χ1v) is 6.74. The minimum atomic E-state index is 0.206. The van der Waals surface area contributed by atoms with Gasteiger partial charge in [0.05, 0.1) is 6.54 Å². The normalized spacial score (nSPS) is 21.5. The maximum absolute atomic E-state index is 11.9. The van der Waals surface area contributed by atoms with E-state index in [1.54, 1.807) is 0 Å². The summed E-state index contributed by atoms with van der Waals surface area (Å²) in [7, 11) is 1.88. The van der Waals surface area contributed by atoms with Gasteiger partial charge >= 0.3 is 0 Å². The molecule has 1 amide bonds. The molecule has 0 unspecified atom stereocenters. The van der Waals surface area contributed by atoms with Gasteiger partial charge in [0.2, 0.25) is 5.91 Å². The molecule has 1 N–H and O–H groups in total. The number of piperidine rings is 1. The third kappa shape index (κ3) is 5.04. The molecule has 1 heterocycles. The lowest BCUT2D eigenvalue weighted by atomic mass is 9.99. The van der Waals surface area contributed by atoms with Crippen LogP contribution in [-0.2, 0) is 4.79 Å². The Kier molecular flexibility index (Phi) is 6.52. The first kappa shape index (κ1) is 14.5. The lowest BCUT2D eigenvalue weighted by Gasteiger charge is -2.32. The number of aliphatic hydroxyl groups excluding tert-OH is 1. The van der Waals surface area contributed by atoms with Crippen molar-refractivity contribution in [3.63, 3.8) is 0 Å². The van der Waals surface area contributed by atoms with Crippen molar-refractivity contribution in [1.82, 2.24) is 9.80 Å². The number of hydrogen-bond acceptors (Lipinski definition) is 3. The number of carbonyl (C=O) groups is 1. The van der Waals surface area contributed by atoms with Gasteiger partial charge in [-0.3, -0.25) is 9.69 Å². The molecule has 1 saturated heterocycles. The number of nitrogens with zero attached hydrogens (tertiary/aromatic N) is 2. The molecule has 1 rings (SSSR count). The lowest BCUT2D eigenvalue weighted by Crippen LogP contribution is -2.44. The minimum Gasteiger partial charge on any atom is -0.396 e. The van der Waals surface area contributed by atoms with Crippen molar-refractivity contribution in [2.75, 3.05) is 39.8 Å². The van der Waals surface area contributed by atoms with E-state index < -0.39 is 0 Å². The van der Waals surface area contributed by atoms with Gasteiger partial charge in [0.15, 0.2) is 0 Å². The van der Waals surface area contributed by atoms with Crippen molar-refractivity contribution < 1.29 is 9.90 Å². The largest absolute Gasteiger partial charge is 0.396 e. The molecule has 0 spiro atoms. The van der Waals surface area contributed by atoms with Gasteiger partial charge in [0, 0.05) is 26.7 Å². The molecule has 1 aliphatic rings. The number of rotatable bonds is 6. The van der Waals surface area contributed by atoms with Gasteiger partial charge in [-0.1, -0.05) is 13.3 Å². The average Bonchev–Trinajstić information content (AvgIpc) is 2.36. The Balaban J connectivity index is 2.29. The second-order valence-electron chi connectivity index (χ2n) is 5.09.